The molecule has 0 bridgehead atoms. The first-order chi connectivity index (χ1) is 16.1. The van der Waals surface area contributed by atoms with Gasteiger partial charge in [-0.3, -0.25) is 9.88 Å². The van der Waals surface area contributed by atoms with Gasteiger partial charge in [0.05, 0.1) is 31.0 Å². The number of hydrogen-bond donors (Lipinski definition) is 1. The van der Waals surface area contributed by atoms with Crippen LogP contribution < -0.4 is 14.8 Å². The molecule has 0 fully saturated rings. The Morgan fingerprint density at radius 3 is 2.73 bits per heavy atom. The minimum absolute atomic E-state index is 0.111. The molecular weight excluding hydrogens is 416 g/mol. The number of likely N-dealkylation sites (N-methyl/N-ethyl adjacent to an activating group) is 1. The van der Waals surface area contributed by atoms with Crippen LogP contribution in [0, 0.1) is 6.92 Å². The van der Waals surface area contributed by atoms with E-state index in [1.165, 1.54) is 0 Å². The maximum atomic E-state index is 6.33. The third kappa shape index (κ3) is 4.51. The van der Waals surface area contributed by atoms with Gasteiger partial charge >= 0.3 is 0 Å². The van der Waals surface area contributed by atoms with Crippen LogP contribution >= 0.6 is 0 Å². The number of hydrogen-bond acceptors (Lipinski definition) is 7. The zero-order valence-corrected chi connectivity index (χ0v) is 18.9. The van der Waals surface area contributed by atoms with Crippen molar-refractivity contribution >= 4 is 11.5 Å². The SMILES string of the molecule is COc1cc(Nc2cnc3c(n2)O[C@H](c2ccccc2)CN(C)C3)ccc1-n1cnc(C)c1. The Bertz CT molecular complexity index is 1260. The molecular formula is C25H26N6O2. The van der Waals surface area contributed by atoms with E-state index in [9.17, 15) is 0 Å². The summed E-state index contributed by atoms with van der Waals surface area (Å²) in [6.45, 7) is 3.40. The number of fused-ring (bicyclic) bond motifs is 1. The number of rotatable bonds is 5. The topological polar surface area (TPSA) is 77.3 Å². The largest absolute Gasteiger partial charge is 0.494 e. The average molecular weight is 443 g/mol. The van der Waals surface area contributed by atoms with Crippen LogP contribution in [0.4, 0.5) is 11.5 Å². The molecule has 0 saturated carbocycles. The van der Waals surface area contributed by atoms with Crippen LogP contribution in [0.15, 0.2) is 67.3 Å². The molecule has 0 amide bonds. The van der Waals surface area contributed by atoms with Crippen molar-refractivity contribution in [1.82, 2.24) is 24.4 Å². The van der Waals surface area contributed by atoms with Crippen LogP contribution in [0.3, 0.4) is 0 Å². The molecule has 33 heavy (non-hydrogen) atoms. The van der Waals surface area contributed by atoms with E-state index in [0.29, 0.717) is 18.2 Å². The molecule has 168 valence electrons. The Morgan fingerprint density at radius 1 is 1.12 bits per heavy atom. The summed E-state index contributed by atoms with van der Waals surface area (Å²) in [5.41, 5.74) is 4.64. The fraction of sp³-hybridized carbons (Fsp3) is 0.240. The van der Waals surface area contributed by atoms with Crippen LogP contribution in [0.5, 0.6) is 11.6 Å². The van der Waals surface area contributed by atoms with E-state index in [4.69, 9.17) is 14.5 Å². The minimum Gasteiger partial charge on any atom is -0.494 e. The molecule has 3 heterocycles. The van der Waals surface area contributed by atoms with E-state index < -0.39 is 0 Å². The van der Waals surface area contributed by atoms with E-state index in [2.05, 4.69) is 39.4 Å². The van der Waals surface area contributed by atoms with Crippen molar-refractivity contribution in [2.24, 2.45) is 0 Å². The zero-order valence-electron chi connectivity index (χ0n) is 18.9. The lowest BCUT2D eigenvalue weighted by Gasteiger charge is -2.20. The quantitative estimate of drug-likeness (QED) is 0.494. The van der Waals surface area contributed by atoms with Crippen molar-refractivity contribution in [3.8, 4) is 17.3 Å². The summed E-state index contributed by atoms with van der Waals surface area (Å²) < 4.78 is 13.9. The molecule has 0 aliphatic carbocycles. The van der Waals surface area contributed by atoms with Crippen LogP contribution in [0.2, 0.25) is 0 Å². The summed E-state index contributed by atoms with van der Waals surface area (Å²) in [5.74, 6) is 1.89. The summed E-state index contributed by atoms with van der Waals surface area (Å²) in [5, 5.41) is 3.33. The number of nitrogens with zero attached hydrogens (tertiary/aromatic N) is 5. The Labute approximate surface area is 192 Å². The number of ether oxygens (including phenoxy) is 2. The monoisotopic (exact) mass is 442 g/mol. The molecule has 0 spiro atoms. The third-order valence-electron chi connectivity index (χ3n) is 5.58. The summed E-state index contributed by atoms with van der Waals surface area (Å²) in [6.07, 6.45) is 5.36. The second-order valence-electron chi connectivity index (χ2n) is 8.15. The van der Waals surface area contributed by atoms with Gasteiger partial charge in [0.1, 0.15) is 17.5 Å². The zero-order chi connectivity index (χ0) is 22.8. The lowest BCUT2D eigenvalue weighted by molar-refractivity contribution is 0.160. The van der Waals surface area contributed by atoms with E-state index in [1.54, 1.807) is 19.6 Å². The molecule has 2 aromatic heterocycles. The van der Waals surface area contributed by atoms with Gasteiger partial charge in [0.15, 0.2) is 5.82 Å². The van der Waals surface area contributed by atoms with Gasteiger partial charge in [-0.1, -0.05) is 30.3 Å². The van der Waals surface area contributed by atoms with Crippen LogP contribution in [0.25, 0.3) is 5.69 Å². The molecule has 0 unspecified atom stereocenters. The maximum absolute atomic E-state index is 6.33. The van der Waals surface area contributed by atoms with E-state index in [-0.39, 0.29) is 6.10 Å². The summed E-state index contributed by atoms with van der Waals surface area (Å²) in [4.78, 5) is 15.9. The van der Waals surface area contributed by atoms with Gasteiger partial charge < -0.3 is 19.4 Å². The average Bonchev–Trinajstić information content (AvgIpc) is 3.18. The van der Waals surface area contributed by atoms with E-state index in [1.807, 2.05) is 54.1 Å². The first-order valence-electron chi connectivity index (χ1n) is 10.8. The first-order valence-corrected chi connectivity index (χ1v) is 10.8. The van der Waals surface area contributed by atoms with Gasteiger partial charge in [-0.15, -0.1) is 0 Å². The molecule has 1 atom stereocenters. The molecule has 5 rings (SSSR count). The van der Waals surface area contributed by atoms with Crippen molar-refractivity contribution < 1.29 is 9.47 Å². The van der Waals surface area contributed by atoms with Crippen LogP contribution in [0.1, 0.15) is 23.1 Å². The highest BCUT2D eigenvalue weighted by Gasteiger charge is 2.24. The number of aromatic nitrogens is 4. The summed E-state index contributed by atoms with van der Waals surface area (Å²) in [7, 11) is 3.72. The van der Waals surface area contributed by atoms with Gasteiger partial charge in [0, 0.05) is 31.0 Å². The normalized spacial score (nSPS) is 15.9. The minimum atomic E-state index is -0.111. The highest BCUT2D eigenvalue weighted by atomic mass is 16.5. The summed E-state index contributed by atoms with van der Waals surface area (Å²) >= 11 is 0. The molecule has 4 aromatic rings. The van der Waals surface area contributed by atoms with E-state index >= 15 is 0 Å². The fourth-order valence-corrected chi connectivity index (χ4v) is 3.95. The number of imidazole rings is 1. The molecule has 0 saturated heterocycles. The van der Waals surface area contributed by atoms with Crippen molar-refractivity contribution in [2.75, 3.05) is 26.0 Å². The molecule has 8 heteroatoms. The lowest BCUT2D eigenvalue weighted by Crippen LogP contribution is -2.24. The van der Waals surface area contributed by atoms with Gasteiger partial charge in [0.2, 0.25) is 5.88 Å². The second-order valence-corrected chi connectivity index (χ2v) is 8.15. The van der Waals surface area contributed by atoms with Crippen molar-refractivity contribution in [3.63, 3.8) is 0 Å². The van der Waals surface area contributed by atoms with Gasteiger partial charge in [-0.25, -0.2) is 4.98 Å². The van der Waals surface area contributed by atoms with Gasteiger partial charge in [-0.05, 0) is 31.7 Å². The molecule has 0 radical (unpaired) electrons. The predicted molar refractivity (Wildman–Crippen MR) is 126 cm³/mol. The molecule has 1 aliphatic heterocycles. The Morgan fingerprint density at radius 2 is 1.97 bits per heavy atom. The van der Waals surface area contributed by atoms with Gasteiger partial charge in [0.25, 0.3) is 0 Å². The van der Waals surface area contributed by atoms with Crippen molar-refractivity contribution in [2.45, 2.75) is 19.6 Å². The van der Waals surface area contributed by atoms with E-state index in [0.717, 1.165) is 40.6 Å². The number of anilines is 2. The predicted octanol–water partition coefficient (Wildman–Crippen LogP) is 4.29. The number of nitrogens with one attached hydrogen (secondary N) is 1. The lowest BCUT2D eigenvalue weighted by atomic mass is 10.1. The number of aryl methyl sites for hydroxylation is 1. The Balaban J connectivity index is 1.41. The summed E-state index contributed by atoms with van der Waals surface area (Å²) in [6, 6.07) is 16.1. The Kier molecular flexibility index (Phi) is 5.66. The fourth-order valence-electron chi connectivity index (χ4n) is 3.95. The number of methoxy groups -OCH3 is 1. The maximum Gasteiger partial charge on any atom is 0.239 e. The molecule has 1 N–H and O–H groups in total. The van der Waals surface area contributed by atoms with Crippen molar-refractivity contribution in [3.05, 3.63) is 84.2 Å². The molecule has 1 aliphatic rings. The van der Waals surface area contributed by atoms with Crippen LogP contribution in [-0.2, 0) is 6.54 Å². The van der Waals surface area contributed by atoms with Crippen molar-refractivity contribution in [1.29, 1.82) is 0 Å². The Hall–Kier alpha value is -3.91. The second kappa shape index (κ2) is 8.91. The molecule has 8 nitrogen and oxygen atoms in total. The first kappa shape index (κ1) is 21.0. The molecule has 2 aromatic carbocycles. The standard InChI is InChI=1S/C25H26N6O2/c1-17-13-31(16-27-17)21-10-9-19(11-22(21)32-3)28-24-12-26-20-14-30(2)15-23(33-25(20)29-24)18-7-5-4-6-8-18/h4-13,16,23H,14-15H2,1-3H3,(H,28,29)/t23-/m0/s1. The van der Waals surface area contributed by atoms with Gasteiger partial charge in [-0.2, -0.15) is 4.98 Å². The highest BCUT2D eigenvalue weighted by Crippen LogP contribution is 2.31. The highest BCUT2D eigenvalue weighted by molar-refractivity contribution is 5.63. The third-order valence-corrected chi connectivity index (χ3v) is 5.58. The van der Waals surface area contributed by atoms with Crippen LogP contribution in [-0.4, -0.2) is 45.1 Å². The smallest absolute Gasteiger partial charge is 0.239 e. The number of benzene rings is 2.